The number of anilines is 1. The van der Waals surface area contributed by atoms with Crippen LogP contribution in [-0.4, -0.2) is 53.7 Å². The van der Waals surface area contributed by atoms with Gasteiger partial charge in [0.1, 0.15) is 12.1 Å². The fourth-order valence-corrected chi connectivity index (χ4v) is 3.53. The Bertz CT molecular complexity index is 990. The predicted molar refractivity (Wildman–Crippen MR) is 116 cm³/mol. The standard InChI is InChI=1S/C23H26N4O4/c1-4-23(17-8-6-5-7-9-17)21(30)27(22(31)25-23)15-20(29)26(3)14-19(28)24-18-12-10-16(2)11-13-18/h5-13H,4,14-15H2,1-3H3,(H,24,28)(H,25,31)/t23-/m1/s1. The van der Waals surface area contributed by atoms with Crippen LogP contribution in [0.5, 0.6) is 0 Å². The highest BCUT2D eigenvalue weighted by atomic mass is 16.2. The lowest BCUT2D eigenvalue weighted by Gasteiger charge is -2.26. The zero-order valence-corrected chi connectivity index (χ0v) is 17.8. The second kappa shape index (κ2) is 8.99. The van der Waals surface area contributed by atoms with Crippen molar-refractivity contribution < 1.29 is 19.2 Å². The molecule has 1 aliphatic heterocycles. The minimum atomic E-state index is -1.19. The maximum absolute atomic E-state index is 13.1. The highest BCUT2D eigenvalue weighted by Gasteiger charge is 2.51. The normalized spacial score (nSPS) is 18.0. The SMILES string of the molecule is CC[C@]1(c2ccccc2)NC(=O)N(CC(=O)N(C)CC(=O)Nc2ccc(C)cc2)C1=O. The maximum Gasteiger partial charge on any atom is 0.325 e. The third kappa shape index (κ3) is 4.58. The molecule has 0 radical (unpaired) electrons. The largest absolute Gasteiger partial charge is 0.335 e. The number of nitrogens with zero attached hydrogens (tertiary/aromatic N) is 2. The summed E-state index contributed by atoms with van der Waals surface area (Å²) in [6, 6.07) is 15.6. The van der Waals surface area contributed by atoms with Gasteiger partial charge in [-0.3, -0.25) is 19.3 Å². The first-order chi connectivity index (χ1) is 14.8. The van der Waals surface area contributed by atoms with E-state index >= 15 is 0 Å². The molecule has 3 rings (SSSR count). The highest BCUT2D eigenvalue weighted by Crippen LogP contribution is 2.32. The molecule has 0 aliphatic carbocycles. The number of carbonyl (C=O) groups is 4. The molecule has 31 heavy (non-hydrogen) atoms. The van der Waals surface area contributed by atoms with Gasteiger partial charge in [0.05, 0.1) is 6.54 Å². The van der Waals surface area contributed by atoms with Gasteiger partial charge in [0.15, 0.2) is 0 Å². The average Bonchev–Trinajstić information content (AvgIpc) is 3.01. The van der Waals surface area contributed by atoms with Crippen LogP contribution in [0.4, 0.5) is 10.5 Å². The van der Waals surface area contributed by atoms with Crippen molar-refractivity contribution in [3.05, 3.63) is 65.7 Å². The van der Waals surface area contributed by atoms with Crippen molar-refractivity contribution in [2.45, 2.75) is 25.8 Å². The van der Waals surface area contributed by atoms with Gasteiger partial charge in [-0.25, -0.2) is 4.79 Å². The highest BCUT2D eigenvalue weighted by molar-refractivity contribution is 6.09. The van der Waals surface area contributed by atoms with E-state index in [-0.39, 0.29) is 12.5 Å². The van der Waals surface area contributed by atoms with Gasteiger partial charge in [-0.2, -0.15) is 0 Å². The van der Waals surface area contributed by atoms with Crippen molar-refractivity contribution >= 4 is 29.4 Å². The summed E-state index contributed by atoms with van der Waals surface area (Å²) in [5.41, 5.74) is 1.16. The van der Waals surface area contributed by atoms with E-state index in [9.17, 15) is 19.2 Å². The Morgan fingerprint density at radius 3 is 2.32 bits per heavy atom. The van der Waals surface area contributed by atoms with Crippen LogP contribution in [0.15, 0.2) is 54.6 Å². The summed E-state index contributed by atoms with van der Waals surface area (Å²) >= 11 is 0. The van der Waals surface area contributed by atoms with Crippen molar-refractivity contribution in [3.63, 3.8) is 0 Å². The van der Waals surface area contributed by atoms with Crippen LogP contribution in [0.2, 0.25) is 0 Å². The lowest BCUT2D eigenvalue weighted by Crippen LogP contribution is -2.46. The van der Waals surface area contributed by atoms with Crippen LogP contribution < -0.4 is 10.6 Å². The first-order valence-corrected chi connectivity index (χ1v) is 10.1. The number of nitrogens with one attached hydrogen (secondary N) is 2. The van der Waals surface area contributed by atoms with Gasteiger partial charge < -0.3 is 15.5 Å². The van der Waals surface area contributed by atoms with Gasteiger partial charge in [-0.1, -0.05) is 55.0 Å². The average molecular weight is 422 g/mol. The summed E-state index contributed by atoms with van der Waals surface area (Å²) < 4.78 is 0. The molecule has 1 heterocycles. The number of aryl methyl sites for hydroxylation is 1. The summed E-state index contributed by atoms with van der Waals surface area (Å²) in [7, 11) is 1.46. The van der Waals surface area contributed by atoms with E-state index in [1.807, 2.05) is 25.1 Å². The van der Waals surface area contributed by atoms with Crippen molar-refractivity contribution in [1.82, 2.24) is 15.1 Å². The first kappa shape index (κ1) is 22.0. The number of carbonyl (C=O) groups excluding carboxylic acids is 4. The predicted octanol–water partition coefficient (Wildman–Crippen LogP) is 2.25. The molecule has 0 aromatic heterocycles. The number of likely N-dealkylation sites (N-methyl/N-ethyl adjacent to an activating group) is 1. The van der Waals surface area contributed by atoms with E-state index in [4.69, 9.17) is 0 Å². The minimum Gasteiger partial charge on any atom is -0.335 e. The number of rotatable bonds is 7. The lowest BCUT2D eigenvalue weighted by molar-refractivity contribution is -0.139. The number of urea groups is 1. The molecule has 0 spiro atoms. The van der Waals surface area contributed by atoms with Crippen molar-refractivity contribution in [2.75, 3.05) is 25.5 Å². The van der Waals surface area contributed by atoms with Crippen LogP contribution in [-0.2, 0) is 19.9 Å². The topological polar surface area (TPSA) is 98.8 Å². The first-order valence-electron chi connectivity index (χ1n) is 10.1. The van der Waals surface area contributed by atoms with E-state index in [2.05, 4.69) is 10.6 Å². The summed E-state index contributed by atoms with van der Waals surface area (Å²) in [4.78, 5) is 52.6. The number of amides is 5. The van der Waals surface area contributed by atoms with Gasteiger partial charge in [0, 0.05) is 12.7 Å². The van der Waals surface area contributed by atoms with E-state index < -0.39 is 29.9 Å². The van der Waals surface area contributed by atoms with E-state index in [0.29, 0.717) is 17.7 Å². The van der Waals surface area contributed by atoms with Crippen LogP contribution in [0.25, 0.3) is 0 Å². The molecule has 1 aliphatic rings. The number of benzene rings is 2. The fourth-order valence-electron chi connectivity index (χ4n) is 3.53. The molecule has 162 valence electrons. The van der Waals surface area contributed by atoms with E-state index in [1.54, 1.807) is 43.3 Å². The van der Waals surface area contributed by atoms with Gasteiger partial charge in [-0.05, 0) is 31.0 Å². The minimum absolute atomic E-state index is 0.200. The Hall–Kier alpha value is -3.68. The molecule has 2 aromatic rings. The third-order valence-corrected chi connectivity index (χ3v) is 5.41. The molecular formula is C23H26N4O4. The quantitative estimate of drug-likeness (QED) is 0.669. The van der Waals surface area contributed by atoms with Crippen LogP contribution in [0.3, 0.4) is 0 Å². The van der Waals surface area contributed by atoms with Crippen molar-refractivity contribution in [1.29, 1.82) is 0 Å². The lowest BCUT2D eigenvalue weighted by atomic mass is 9.87. The maximum atomic E-state index is 13.1. The molecule has 2 N–H and O–H groups in total. The van der Waals surface area contributed by atoms with Crippen LogP contribution in [0, 0.1) is 6.92 Å². The molecule has 1 fully saturated rings. The fraction of sp³-hybridized carbons (Fsp3) is 0.304. The zero-order chi connectivity index (χ0) is 22.6. The Balaban J connectivity index is 1.64. The third-order valence-electron chi connectivity index (χ3n) is 5.41. The second-order valence-electron chi connectivity index (χ2n) is 7.61. The molecule has 0 bridgehead atoms. The molecule has 8 heteroatoms. The Morgan fingerprint density at radius 2 is 1.71 bits per heavy atom. The molecule has 2 aromatic carbocycles. The summed E-state index contributed by atoms with van der Waals surface area (Å²) in [6.07, 6.45) is 0.348. The van der Waals surface area contributed by atoms with Gasteiger partial charge in [0.2, 0.25) is 11.8 Å². The van der Waals surface area contributed by atoms with Gasteiger partial charge in [-0.15, -0.1) is 0 Å². The van der Waals surface area contributed by atoms with Crippen LogP contribution >= 0.6 is 0 Å². The molecule has 0 saturated carbocycles. The second-order valence-corrected chi connectivity index (χ2v) is 7.61. The van der Waals surface area contributed by atoms with Crippen LogP contribution in [0.1, 0.15) is 24.5 Å². The Morgan fingerprint density at radius 1 is 1.06 bits per heavy atom. The van der Waals surface area contributed by atoms with Gasteiger partial charge >= 0.3 is 6.03 Å². The summed E-state index contributed by atoms with van der Waals surface area (Å²) in [5, 5.41) is 5.46. The molecule has 8 nitrogen and oxygen atoms in total. The molecule has 5 amide bonds. The number of hydrogen-bond acceptors (Lipinski definition) is 4. The monoisotopic (exact) mass is 422 g/mol. The van der Waals surface area contributed by atoms with Crippen molar-refractivity contribution in [2.24, 2.45) is 0 Å². The summed E-state index contributed by atoms with van der Waals surface area (Å²) in [6.45, 7) is 3.11. The summed E-state index contributed by atoms with van der Waals surface area (Å²) in [5.74, 6) is -1.36. The van der Waals surface area contributed by atoms with E-state index in [0.717, 1.165) is 10.5 Å². The number of imide groups is 1. The zero-order valence-electron chi connectivity index (χ0n) is 17.8. The number of hydrogen-bond donors (Lipinski definition) is 2. The molecular weight excluding hydrogens is 396 g/mol. The Labute approximate surface area is 181 Å². The smallest absolute Gasteiger partial charge is 0.325 e. The van der Waals surface area contributed by atoms with Gasteiger partial charge in [0.25, 0.3) is 5.91 Å². The molecule has 1 saturated heterocycles. The molecule has 0 unspecified atom stereocenters. The van der Waals surface area contributed by atoms with E-state index in [1.165, 1.54) is 11.9 Å². The molecule has 1 atom stereocenters. The Kier molecular flexibility index (Phi) is 6.39. The van der Waals surface area contributed by atoms with Crippen molar-refractivity contribution in [3.8, 4) is 0 Å².